The Morgan fingerprint density at radius 1 is 0.910 bits per heavy atom. The van der Waals surface area contributed by atoms with E-state index in [0.717, 1.165) is 0 Å². The Morgan fingerprint density at radius 2 is 1.55 bits per heavy atom. The highest BCUT2D eigenvalue weighted by Gasteiger charge is 2.44. The SMILES string of the molecule is CC[C@H](C)[C@H]1NC(=O)[C@@H](NC(=O)[C@@H](CC(C)C)NC)[C@@H](C)OC(=O)[C@H](Cc2ccc(OC)cc2)N(C)C(=O)[C@@H]2CCCN2C(=O)[C@H](CC(C)C)NC(=O)C(C)C(=O)[C@H](C(C)C)OC(=O)C[C@@H]1O. The molecule has 0 bridgehead atoms. The van der Waals surface area contributed by atoms with Gasteiger partial charge in [0.2, 0.25) is 29.5 Å². The van der Waals surface area contributed by atoms with E-state index >= 15 is 0 Å². The molecule has 0 aliphatic carbocycles. The highest BCUT2D eigenvalue weighted by molar-refractivity contribution is 6.05. The largest absolute Gasteiger partial charge is 0.497 e. The zero-order chi connectivity index (χ0) is 50.4. The van der Waals surface area contributed by atoms with Crippen molar-refractivity contribution in [2.24, 2.45) is 29.6 Å². The Balaban J connectivity index is 2.23. The molecule has 11 atom stereocenters. The van der Waals surface area contributed by atoms with E-state index in [4.69, 9.17) is 14.2 Å². The lowest BCUT2D eigenvalue weighted by Crippen LogP contribution is -2.61. The number of carbonyl (C=O) groups excluding carboxylic acids is 8. The van der Waals surface area contributed by atoms with Crippen molar-refractivity contribution in [3.05, 3.63) is 29.8 Å². The molecule has 2 saturated heterocycles. The molecule has 1 aromatic rings. The van der Waals surface area contributed by atoms with Gasteiger partial charge in [-0.25, -0.2) is 4.79 Å². The van der Waals surface area contributed by atoms with E-state index in [0.29, 0.717) is 30.6 Å². The van der Waals surface area contributed by atoms with Crippen molar-refractivity contribution in [2.75, 3.05) is 27.7 Å². The molecular formula is C49H78N6O12. The van der Waals surface area contributed by atoms with Gasteiger partial charge in [0.05, 0.1) is 37.6 Å². The van der Waals surface area contributed by atoms with Crippen molar-refractivity contribution >= 4 is 47.3 Å². The number of fused-ring (bicyclic) bond motifs is 1. The molecule has 1 aromatic carbocycles. The zero-order valence-electron chi connectivity index (χ0n) is 41.9. The van der Waals surface area contributed by atoms with E-state index in [1.165, 1.54) is 37.8 Å². The molecule has 67 heavy (non-hydrogen) atoms. The van der Waals surface area contributed by atoms with Crippen molar-refractivity contribution < 1.29 is 57.7 Å². The van der Waals surface area contributed by atoms with E-state index in [1.54, 1.807) is 52.1 Å². The monoisotopic (exact) mass is 943 g/mol. The molecule has 0 radical (unpaired) electrons. The second-order valence-corrected chi connectivity index (χ2v) is 19.5. The predicted octanol–water partition coefficient (Wildman–Crippen LogP) is 2.71. The third-order valence-corrected chi connectivity index (χ3v) is 12.9. The van der Waals surface area contributed by atoms with Gasteiger partial charge in [-0.2, -0.15) is 0 Å². The summed E-state index contributed by atoms with van der Waals surface area (Å²) in [6.07, 6.45) is -3.30. The Hall–Kier alpha value is -5.10. The van der Waals surface area contributed by atoms with Gasteiger partial charge in [0.25, 0.3) is 0 Å². The number of ether oxygens (including phenoxy) is 3. The van der Waals surface area contributed by atoms with Crippen LogP contribution in [0.1, 0.15) is 113 Å². The van der Waals surface area contributed by atoms with Crippen molar-refractivity contribution in [1.29, 1.82) is 0 Å². The van der Waals surface area contributed by atoms with Crippen LogP contribution in [0.4, 0.5) is 0 Å². The Labute approximate surface area is 396 Å². The maximum atomic E-state index is 14.7. The van der Waals surface area contributed by atoms with Gasteiger partial charge < -0.3 is 50.4 Å². The van der Waals surface area contributed by atoms with Crippen LogP contribution in [0, 0.1) is 29.6 Å². The molecule has 18 heteroatoms. The van der Waals surface area contributed by atoms with Crippen molar-refractivity contribution in [3.8, 4) is 5.75 Å². The highest BCUT2D eigenvalue weighted by Crippen LogP contribution is 2.26. The normalized spacial score (nSPS) is 27.8. The smallest absolute Gasteiger partial charge is 0.329 e. The van der Waals surface area contributed by atoms with Gasteiger partial charge in [0.15, 0.2) is 11.9 Å². The molecule has 3 rings (SSSR count). The fourth-order valence-corrected chi connectivity index (χ4v) is 8.55. The summed E-state index contributed by atoms with van der Waals surface area (Å²) in [6, 6.07) is 0.0322. The molecule has 1 unspecified atom stereocenters. The molecule has 2 heterocycles. The number of nitrogens with one attached hydrogen (secondary N) is 4. The van der Waals surface area contributed by atoms with Crippen LogP contribution in [-0.2, 0) is 54.3 Å². The zero-order valence-corrected chi connectivity index (χ0v) is 41.9. The van der Waals surface area contributed by atoms with Gasteiger partial charge >= 0.3 is 11.9 Å². The van der Waals surface area contributed by atoms with E-state index in [-0.39, 0.29) is 37.6 Å². The van der Waals surface area contributed by atoms with Crippen LogP contribution in [0.15, 0.2) is 24.3 Å². The number of likely N-dealkylation sites (N-methyl/N-ethyl adjacent to an activating group) is 2. The summed E-state index contributed by atoms with van der Waals surface area (Å²) >= 11 is 0. The highest BCUT2D eigenvalue weighted by atomic mass is 16.6. The Kier molecular flexibility index (Phi) is 21.7. The standard InChI is InChI=1S/C49H78N6O12/c1-14-29(8)40-38(56)25-39(57)67-43(28(6)7)42(58)30(9)44(59)51-35(23-27(4)5)47(62)55-21-15-16-36(55)48(63)54(12)37(24-32-17-19-33(65-13)20-18-32)49(64)66-31(10)41(46(61)52-40)53-45(60)34(50-11)22-26(2)3/h17-20,26-31,34-38,40-41,43,50,56H,14-16,21-25H2,1-13H3,(H,51,59)(H,52,61)(H,53,60)/t29-,30?,31+,34+,35-,36-,37-,38-,40+,41-,43-/m0/s1. The fraction of sp³-hybridized carbons (Fsp3) is 0.714. The van der Waals surface area contributed by atoms with Gasteiger partial charge in [-0.1, -0.05) is 73.9 Å². The van der Waals surface area contributed by atoms with Gasteiger partial charge in [0, 0.05) is 20.0 Å². The lowest BCUT2D eigenvalue weighted by atomic mass is 9.91. The number of hydrogen-bond acceptors (Lipinski definition) is 13. The number of aliphatic hydroxyl groups excluding tert-OH is 1. The van der Waals surface area contributed by atoms with E-state index in [2.05, 4.69) is 21.3 Å². The number of rotatable bonds is 13. The number of esters is 2. The average molecular weight is 943 g/mol. The maximum absolute atomic E-state index is 14.7. The molecule has 5 N–H and O–H groups in total. The van der Waals surface area contributed by atoms with Crippen molar-refractivity contribution in [3.63, 3.8) is 0 Å². The van der Waals surface area contributed by atoms with E-state index in [1.807, 2.05) is 34.6 Å². The van der Waals surface area contributed by atoms with Crippen LogP contribution >= 0.6 is 0 Å². The number of ketones is 1. The maximum Gasteiger partial charge on any atom is 0.329 e. The Morgan fingerprint density at radius 3 is 2.10 bits per heavy atom. The Bertz CT molecular complexity index is 1870. The first-order valence-corrected chi connectivity index (χ1v) is 23.9. The minimum absolute atomic E-state index is 0.0500. The summed E-state index contributed by atoms with van der Waals surface area (Å²) in [5.74, 6) is -7.71. The predicted molar refractivity (Wildman–Crippen MR) is 250 cm³/mol. The topological polar surface area (TPSA) is 239 Å². The van der Waals surface area contributed by atoms with Gasteiger partial charge in [-0.15, -0.1) is 0 Å². The second kappa shape index (κ2) is 25.9. The number of benzene rings is 1. The van der Waals surface area contributed by atoms with Crippen LogP contribution in [0.25, 0.3) is 0 Å². The van der Waals surface area contributed by atoms with Gasteiger partial charge in [0.1, 0.15) is 36.0 Å². The van der Waals surface area contributed by atoms with Gasteiger partial charge in [-0.3, -0.25) is 33.6 Å². The van der Waals surface area contributed by atoms with E-state index in [9.17, 15) is 43.5 Å². The summed E-state index contributed by atoms with van der Waals surface area (Å²) in [4.78, 5) is 116. The molecule has 376 valence electrons. The number of amides is 5. The third kappa shape index (κ3) is 15.5. The summed E-state index contributed by atoms with van der Waals surface area (Å²) in [5.41, 5.74) is 0.631. The molecule has 2 aliphatic heterocycles. The summed E-state index contributed by atoms with van der Waals surface area (Å²) in [7, 11) is 4.56. The average Bonchev–Trinajstić information content (AvgIpc) is 3.77. The first-order chi connectivity index (χ1) is 31.4. The molecule has 5 amide bonds. The van der Waals surface area contributed by atoms with Crippen molar-refractivity contribution in [1.82, 2.24) is 31.1 Å². The first kappa shape index (κ1) is 56.2. The fourth-order valence-electron chi connectivity index (χ4n) is 8.55. The van der Waals surface area contributed by atoms with Crippen LogP contribution in [-0.4, -0.2) is 144 Å². The molecule has 0 spiro atoms. The van der Waals surface area contributed by atoms with Crippen molar-refractivity contribution in [2.45, 2.75) is 169 Å². The number of methoxy groups -OCH3 is 1. The second-order valence-electron chi connectivity index (χ2n) is 19.5. The molecular weight excluding hydrogens is 865 g/mol. The number of cyclic esters (lactones) is 2. The number of Topliss-reactive ketones (excluding diaryl/α,β-unsaturated/α-hetero) is 1. The van der Waals surface area contributed by atoms with Gasteiger partial charge in [-0.05, 0) is 87.9 Å². The molecule has 0 saturated carbocycles. The van der Waals surface area contributed by atoms with Crippen LogP contribution < -0.4 is 26.0 Å². The quantitative estimate of drug-likeness (QED) is 0.142. The number of aliphatic hydroxyl groups is 1. The first-order valence-electron chi connectivity index (χ1n) is 23.9. The summed E-state index contributed by atoms with van der Waals surface area (Å²) in [6.45, 7) is 17.4. The number of nitrogens with zero attached hydrogens (tertiary/aromatic N) is 2. The van der Waals surface area contributed by atoms with Crippen LogP contribution in [0.3, 0.4) is 0 Å². The molecule has 18 nitrogen and oxygen atoms in total. The number of hydrogen-bond donors (Lipinski definition) is 5. The minimum atomic E-state index is -1.55. The van der Waals surface area contributed by atoms with Crippen LogP contribution in [0.2, 0.25) is 0 Å². The van der Waals surface area contributed by atoms with E-state index < -0.39 is 126 Å². The lowest BCUT2D eigenvalue weighted by Gasteiger charge is -2.35. The lowest BCUT2D eigenvalue weighted by molar-refractivity contribution is -0.163. The van der Waals surface area contributed by atoms with Crippen LogP contribution in [0.5, 0.6) is 5.75 Å². The summed E-state index contributed by atoms with van der Waals surface area (Å²) < 4.78 is 17.1. The summed E-state index contributed by atoms with van der Waals surface area (Å²) in [5, 5.41) is 22.9. The number of carbonyl (C=O) groups is 8. The third-order valence-electron chi connectivity index (χ3n) is 12.9. The molecule has 2 fully saturated rings. The molecule has 0 aromatic heterocycles. The minimum Gasteiger partial charge on any atom is -0.497 e. The molecule has 2 aliphatic rings.